The fourth-order valence-electron chi connectivity index (χ4n) is 2.03. The number of para-hydroxylation sites is 1. The van der Waals surface area contributed by atoms with Gasteiger partial charge in [-0.15, -0.1) is 0 Å². The summed E-state index contributed by atoms with van der Waals surface area (Å²) in [6, 6.07) is 11.5. The highest BCUT2D eigenvalue weighted by Gasteiger charge is 2.15. The van der Waals surface area contributed by atoms with Gasteiger partial charge in [0.2, 0.25) is 0 Å². The highest BCUT2D eigenvalue weighted by molar-refractivity contribution is 5.94. The zero-order valence-corrected chi connectivity index (χ0v) is 12.0. The van der Waals surface area contributed by atoms with E-state index in [0.717, 1.165) is 5.56 Å². The van der Waals surface area contributed by atoms with Gasteiger partial charge in [0, 0.05) is 24.8 Å². The van der Waals surface area contributed by atoms with E-state index in [-0.39, 0.29) is 17.2 Å². The average Bonchev–Trinajstić information content (AvgIpc) is 2.48. The lowest BCUT2D eigenvalue weighted by Crippen LogP contribution is -2.26. The molecule has 0 heterocycles. The fourth-order valence-corrected chi connectivity index (χ4v) is 2.03. The minimum Gasteiger partial charge on any atom is -0.494 e. The topological polar surface area (TPSA) is 55.6 Å². The van der Waals surface area contributed by atoms with Gasteiger partial charge in [-0.05, 0) is 29.8 Å². The molecule has 4 nitrogen and oxygen atoms in total. The lowest BCUT2D eigenvalue weighted by atomic mass is 10.1. The van der Waals surface area contributed by atoms with Crippen molar-refractivity contribution in [2.45, 2.75) is 6.54 Å². The van der Waals surface area contributed by atoms with Gasteiger partial charge in [-0.25, -0.2) is 4.39 Å². The van der Waals surface area contributed by atoms with E-state index in [2.05, 4.69) is 0 Å². The first-order chi connectivity index (χ1) is 10.0. The summed E-state index contributed by atoms with van der Waals surface area (Å²) in [5.74, 6) is -0.725. The Labute approximate surface area is 122 Å². The summed E-state index contributed by atoms with van der Waals surface area (Å²) in [6.07, 6.45) is 0. The van der Waals surface area contributed by atoms with Crippen LogP contribution in [0.4, 0.5) is 10.1 Å². The van der Waals surface area contributed by atoms with Crippen molar-refractivity contribution in [3.05, 3.63) is 59.4 Å². The number of carbonyl (C=O) groups excluding carboxylic acids is 1. The van der Waals surface area contributed by atoms with Crippen LogP contribution in [0.15, 0.2) is 42.5 Å². The molecule has 2 rings (SSSR count). The molecule has 21 heavy (non-hydrogen) atoms. The molecular weight excluding hydrogens is 271 g/mol. The second-order valence-corrected chi connectivity index (χ2v) is 4.71. The number of ether oxygens (including phenoxy) is 1. The first-order valence-corrected chi connectivity index (χ1v) is 6.45. The third-order valence-electron chi connectivity index (χ3n) is 3.21. The monoisotopic (exact) mass is 288 g/mol. The van der Waals surface area contributed by atoms with Crippen LogP contribution in [0.5, 0.6) is 5.75 Å². The molecule has 1 amide bonds. The molecule has 5 heteroatoms. The number of hydrogen-bond donors (Lipinski definition) is 1. The maximum Gasteiger partial charge on any atom is 0.254 e. The number of rotatable bonds is 4. The van der Waals surface area contributed by atoms with E-state index in [1.807, 2.05) is 18.2 Å². The predicted octanol–water partition coefficient (Wildman–Crippen LogP) is 2.69. The smallest absolute Gasteiger partial charge is 0.254 e. The summed E-state index contributed by atoms with van der Waals surface area (Å²) in [5, 5.41) is 0. The second kappa shape index (κ2) is 6.26. The van der Waals surface area contributed by atoms with Crippen molar-refractivity contribution in [2.24, 2.45) is 0 Å². The van der Waals surface area contributed by atoms with Crippen molar-refractivity contribution in [2.75, 3.05) is 19.9 Å². The van der Waals surface area contributed by atoms with Crippen LogP contribution in [0, 0.1) is 5.82 Å². The van der Waals surface area contributed by atoms with E-state index in [0.29, 0.717) is 12.2 Å². The molecule has 0 spiro atoms. The molecule has 0 bridgehead atoms. The molecule has 110 valence electrons. The lowest BCUT2D eigenvalue weighted by molar-refractivity contribution is 0.0785. The number of benzene rings is 2. The van der Waals surface area contributed by atoms with Crippen LogP contribution in [-0.2, 0) is 6.54 Å². The third-order valence-corrected chi connectivity index (χ3v) is 3.21. The molecule has 0 saturated carbocycles. The number of halogens is 1. The molecule has 0 unspecified atom stereocenters. The average molecular weight is 288 g/mol. The van der Waals surface area contributed by atoms with Gasteiger partial charge in [-0.1, -0.05) is 18.2 Å². The Hall–Kier alpha value is -2.56. The first-order valence-electron chi connectivity index (χ1n) is 6.45. The molecule has 0 atom stereocenters. The third kappa shape index (κ3) is 3.31. The number of amides is 1. The molecular formula is C16H17FN2O2. The zero-order valence-electron chi connectivity index (χ0n) is 12.0. The minimum absolute atomic E-state index is 0.113. The van der Waals surface area contributed by atoms with Gasteiger partial charge in [-0.2, -0.15) is 0 Å². The van der Waals surface area contributed by atoms with Crippen LogP contribution in [0.2, 0.25) is 0 Å². The van der Waals surface area contributed by atoms with Gasteiger partial charge in [0.25, 0.3) is 5.91 Å². The summed E-state index contributed by atoms with van der Waals surface area (Å²) in [5.41, 5.74) is 7.60. The summed E-state index contributed by atoms with van der Waals surface area (Å²) in [4.78, 5) is 13.8. The second-order valence-electron chi connectivity index (χ2n) is 4.71. The number of nitrogens with two attached hydrogens (primary N) is 1. The Morgan fingerprint density at radius 1 is 1.29 bits per heavy atom. The van der Waals surface area contributed by atoms with Gasteiger partial charge in [0.1, 0.15) is 0 Å². The largest absolute Gasteiger partial charge is 0.494 e. The number of anilines is 1. The van der Waals surface area contributed by atoms with Gasteiger partial charge in [0.05, 0.1) is 7.11 Å². The van der Waals surface area contributed by atoms with Crippen molar-refractivity contribution in [3.63, 3.8) is 0 Å². The first kappa shape index (κ1) is 14.8. The highest BCUT2D eigenvalue weighted by Crippen LogP contribution is 2.19. The highest BCUT2D eigenvalue weighted by atomic mass is 19.1. The number of nitrogens with zero attached hydrogens (tertiary/aromatic N) is 1. The summed E-state index contributed by atoms with van der Waals surface area (Å²) >= 11 is 0. The minimum atomic E-state index is -0.559. The van der Waals surface area contributed by atoms with E-state index in [1.54, 1.807) is 13.1 Å². The molecule has 0 saturated heterocycles. The predicted molar refractivity (Wildman–Crippen MR) is 79.6 cm³/mol. The quantitative estimate of drug-likeness (QED) is 0.880. The van der Waals surface area contributed by atoms with Crippen molar-refractivity contribution in [1.29, 1.82) is 0 Å². The van der Waals surface area contributed by atoms with Gasteiger partial charge in [-0.3, -0.25) is 4.79 Å². The van der Waals surface area contributed by atoms with Crippen molar-refractivity contribution in [1.82, 2.24) is 4.90 Å². The SMILES string of the molecule is COc1ccc(C(=O)N(C)Cc2ccccc2N)cc1F. The van der Waals surface area contributed by atoms with Gasteiger partial charge < -0.3 is 15.4 Å². The van der Waals surface area contributed by atoms with Crippen molar-refractivity contribution >= 4 is 11.6 Å². The standard InChI is InChI=1S/C16H17FN2O2/c1-19(10-12-5-3-4-6-14(12)18)16(20)11-7-8-15(21-2)13(17)9-11/h3-9H,10,18H2,1-2H3. The maximum atomic E-state index is 13.6. The van der Waals surface area contributed by atoms with Crippen molar-refractivity contribution < 1.29 is 13.9 Å². The van der Waals surface area contributed by atoms with E-state index < -0.39 is 5.82 Å². The van der Waals surface area contributed by atoms with E-state index in [4.69, 9.17) is 10.5 Å². The number of hydrogen-bond acceptors (Lipinski definition) is 3. The molecule has 0 aliphatic rings. The number of nitrogen functional groups attached to an aromatic ring is 1. The van der Waals surface area contributed by atoms with Crippen molar-refractivity contribution in [3.8, 4) is 5.75 Å². The van der Waals surface area contributed by atoms with Crippen LogP contribution < -0.4 is 10.5 Å². The summed E-state index contributed by atoms with van der Waals surface area (Å²) in [7, 11) is 3.03. The molecule has 2 aromatic carbocycles. The Balaban J connectivity index is 2.16. The Bertz CT molecular complexity index is 658. The molecule has 0 aliphatic heterocycles. The Morgan fingerprint density at radius 3 is 2.62 bits per heavy atom. The molecule has 0 fully saturated rings. The van der Waals surface area contributed by atoms with Crippen LogP contribution in [0.25, 0.3) is 0 Å². The van der Waals surface area contributed by atoms with Crippen LogP contribution in [0.1, 0.15) is 15.9 Å². The van der Waals surface area contributed by atoms with E-state index in [1.165, 1.54) is 30.2 Å². The number of methoxy groups -OCH3 is 1. The normalized spacial score (nSPS) is 10.2. The molecule has 0 aromatic heterocycles. The Morgan fingerprint density at radius 2 is 2.00 bits per heavy atom. The molecule has 2 aromatic rings. The van der Waals surface area contributed by atoms with E-state index in [9.17, 15) is 9.18 Å². The molecule has 0 aliphatic carbocycles. The molecule has 2 N–H and O–H groups in total. The zero-order chi connectivity index (χ0) is 15.4. The fraction of sp³-hybridized carbons (Fsp3) is 0.188. The van der Waals surface area contributed by atoms with E-state index >= 15 is 0 Å². The van der Waals surface area contributed by atoms with Crippen LogP contribution >= 0.6 is 0 Å². The summed E-state index contributed by atoms with van der Waals surface area (Å²) in [6.45, 7) is 0.360. The Kier molecular flexibility index (Phi) is 4.42. The number of carbonyl (C=O) groups is 1. The lowest BCUT2D eigenvalue weighted by Gasteiger charge is -2.18. The maximum absolute atomic E-state index is 13.6. The van der Waals surface area contributed by atoms with Crippen LogP contribution in [0.3, 0.4) is 0 Å². The van der Waals surface area contributed by atoms with Crippen LogP contribution in [-0.4, -0.2) is 25.0 Å². The summed E-state index contributed by atoms with van der Waals surface area (Å²) < 4.78 is 18.5. The van der Waals surface area contributed by atoms with Gasteiger partial charge in [0.15, 0.2) is 11.6 Å². The van der Waals surface area contributed by atoms with Gasteiger partial charge >= 0.3 is 0 Å². The molecule has 0 radical (unpaired) electrons.